The average molecular weight is 584 g/mol. The molecule has 42 heavy (non-hydrogen) atoms. The molecular formula is C33H17F9. The highest BCUT2D eigenvalue weighted by Gasteiger charge is 2.33. The van der Waals surface area contributed by atoms with Gasteiger partial charge in [-0.25, -0.2) is 0 Å². The Hall–Kier alpha value is -4.53. The number of hydrogen-bond acceptors (Lipinski definition) is 0. The first-order valence-corrected chi connectivity index (χ1v) is 12.6. The molecule has 0 aliphatic heterocycles. The summed E-state index contributed by atoms with van der Waals surface area (Å²) in [5.74, 6) is 0. The highest BCUT2D eigenvalue weighted by atomic mass is 19.4. The lowest BCUT2D eigenvalue weighted by Gasteiger charge is -2.20. The predicted octanol–water partition coefficient (Wildman–Crippen LogP) is 11.5. The van der Waals surface area contributed by atoms with Crippen LogP contribution in [-0.2, 0) is 18.5 Å². The van der Waals surface area contributed by atoms with E-state index < -0.39 is 35.2 Å². The molecule has 0 fully saturated rings. The van der Waals surface area contributed by atoms with E-state index in [-0.39, 0.29) is 16.5 Å². The van der Waals surface area contributed by atoms with Gasteiger partial charge in [-0.15, -0.1) is 0 Å². The lowest BCUT2D eigenvalue weighted by Crippen LogP contribution is -2.05. The van der Waals surface area contributed by atoms with Crippen LogP contribution in [0.25, 0.3) is 54.6 Å². The Labute approximate surface area is 232 Å². The maximum atomic E-state index is 13.9. The van der Waals surface area contributed by atoms with Gasteiger partial charge in [-0.2, -0.15) is 39.5 Å². The van der Waals surface area contributed by atoms with Crippen molar-refractivity contribution in [3.63, 3.8) is 0 Å². The molecule has 0 aromatic heterocycles. The molecule has 9 heteroatoms. The zero-order chi connectivity index (χ0) is 30.0. The van der Waals surface area contributed by atoms with Crippen LogP contribution >= 0.6 is 0 Å². The lowest BCUT2D eigenvalue weighted by atomic mass is 9.84. The van der Waals surface area contributed by atoms with Gasteiger partial charge in [-0.05, 0) is 103 Å². The molecule has 0 saturated carbocycles. The molecule has 0 aliphatic carbocycles. The Morgan fingerprint density at radius 1 is 0.333 bits per heavy atom. The lowest BCUT2D eigenvalue weighted by molar-refractivity contribution is -0.138. The van der Waals surface area contributed by atoms with Gasteiger partial charge in [0, 0.05) is 0 Å². The SMILES string of the molecule is FC(F)(F)c1ccc(-c2c3ccc(C(F)(F)F)cc3c(-c3ccc(C(F)(F)F)cc3)c3cc4ccccc4cc23)cc1. The highest BCUT2D eigenvalue weighted by molar-refractivity contribution is 6.23. The van der Waals surface area contributed by atoms with Crippen LogP contribution in [0.1, 0.15) is 16.7 Å². The van der Waals surface area contributed by atoms with E-state index in [1.807, 2.05) is 6.07 Å². The summed E-state index contributed by atoms with van der Waals surface area (Å²) in [6.45, 7) is 0. The minimum atomic E-state index is -4.72. The molecule has 0 bridgehead atoms. The van der Waals surface area contributed by atoms with Gasteiger partial charge in [0.2, 0.25) is 0 Å². The first-order chi connectivity index (χ1) is 19.7. The molecule has 0 saturated heterocycles. The molecule has 0 atom stereocenters. The second-order valence-corrected chi connectivity index (χ2v) is 9.90. The Morgan fingerprint density at radius 3 is 1.10 bits per heavy atom. The molecule has 0 heterocycles. The fraction of sp³-hybridized carbons (Fsp3) is 0.0909. The number of alkyl halides is 9. The van der Waals surface area contributed by atoms with E-state index in [2.05, 4.69) is 0 Å². The Morgan fingerprint density at radius 2 is 0.690 bits per heavy atom. The molecule has 0 unspecified atom stereocenters. The largest absolute Gasteiger partial charge is 0.416 e. The van der Waals surface area contributed by atoms with Gasteiger partial charge in [-0.1, -0.05) is 54.6 Å². The summed E-state index contributed by atoms with van der Waals surface area (Å²) in [6.07, 6.45) is -13.9. The molecule has 0 radical (unpaired) electrons. The minimum absolute atomic E-state index is 0.0993. The number of fused-ring (bicyclic) bond motifs is 3. The maximum Gasteiger partial charge on any atom is 0.416 e. The van der Waals surface area contributed by atoms with Crippen LogP contribution < -0.4 is 0 Å². The smallest absolute Gasteiger partial charge is 0.166 e. The van der Waals surface area contributed by atoms with E-state index in [9.17, 15) is 39.5 Å². The average Bonchev–Trinajstić information content (AvgIpc) is 2.93. The quantitative estimate of drug-likeness (QED) is 0.140. The fourth-order valence-corrected chi connectivity index (χ4v) is 5.36. The topological polar surface area (TPSA) is 0 Å². The van der Waals surface area contributed by atoms with Gasteiger partial charge in [0.15, 0.2) is 0 Å². The molecule has 6 aromatic rings. The summed E-state index contributed by atoms with van der Waals surface area (Å²) in [7, 11) is 0. The summed E-state index contributed by atoms with van der Waals surface area (Å²) < 4.78 is 122. The molecule has 0 aliphatic rings. The Kier molecular flexibility index (Phi) is 6.25. The summed E-state index contributed by atoms with van der Waals surface area (Å²) in [6, 6.07) is 22.3. The summed E-state index contributed by atoms with van der Waals surface area (Å²) >= 11 is 0. The summed E-state index contributed by atoms with van der Waals surface area (Å²) in [5, 5.41) is 2.86. The third kappa shape index (κ3) is 4.82. The van der Waals surface area contributed by atoms with Crippen LogP contribution in [0.4, 0.5) is 39.5 Å². The molecule has 0 nitrogen and oxygen atoms in total. The number of hydrogen-bond donors (Lipinski definition) is 0. The van der Waals surface area contributed by atoms with Crippen molar-refractivity contribution >= 4 is 32.3 Å². The van der Waals surface area contributed by atoms with Crippen LogP contribution in [-0.4, -0.2) is 0 Å². The number of halogens is 9. The van der Waals surface area contributed by atoms with Crippen molar-refractivity contribution < 1.29 is 39.5 Å². The molecule has 212 valence electrons. The molecule has 0 N–H and O–H groups in total. The van der Waals surface area contributed by atoms with Crippen molar-refractivity contribution in [2.45, 2.75) is 18.5 Å². The van der Waals surface area contributed by atoms with E-state index in [1.54, 1.807) is 30.3 Å². The zero-order valence-corrected chi connectivity index (χ0v) is 21.2. The van der Waals surface area contributed by atoms with Crippen molar-refractivity contribution in [1.82, 2.24) is 0 Å². The van der Waals surface area contributed by atoms with Crippen molar-refractivity contribution in [2.75, 3.05) is 0 Å². The molecule has 0 amide bonds. The van der Waals surface area contributed by atoms with E-state index in [4.69, 9.17) is 0 Å². The zero-order valence-electron chi connectivity index (χ0n) is 21.2. The predicted molar refractivity (Wildman–Crippen MR) is 145 cm³/mol. The van der Waals surface area contributed by atoms with Crippen LogP contribution in [0.2, 0.25) is 0 Å². The maximum absolute atomic E-state index is 13.9. The summed E-state index contributed by atoms with van der Waals surface area (Å²) in [4.78, 5) is 0. The standard InChI is InChI=1S/C33H17F9/c34-31(35,36)22-9-5-18(6-10-22)29-25-14-13-24(33(40,41)42)17-28(25)30(19-7-11-23(12-8-19)32(37,38)39)27-16-21-4-2-1-3-20(21)15-26(27)29/h1-17H. The Balaban J connectivity index is 1.78. The van der Waals surface area contributed by atoms with E-state index >= 15 is 0 Å². The third-order valence-corrected chi connectivity index (χ3v) is 7.31. The summed E-state index contributed by atoms with van der Waals surface area (Å²) in [5.41, 5.74) is -1.49. The van der Waals surface area contributed by atoms with Crippen LogP contribution in [0.15, 0.2) is 103 Å². The molecule has 6 rings (SSSR count). The molecule has 6 aromatic carbocycles. The second kappa shape index (κ2) is 9.51. The van der Waals surface area contributed by atoms with Crippen molar-refractivity contribution in [2.24, 2.45) is 0 Å². The van der Waals surface area contributed by atoms with Gasteiger partial charge in [0.1, 0.15) is 0 Å². The van der Waals surface area contributed by atoms with Crippen molar-refractivity contribution in [3.05, 3.63) is 120 Å². The minimum Gasteiger partial charge on any atom is -0.166 e. The molecule has 0 spiro atoms. The van der Waals surface area contributed by atoms with Gasteiger partial charge >= 0.3 is 18.5 Å². The van der Waals surface area contributed by atoms with Gasteiger partial charge in [0.05, 0.1) is 16.7 Å². The first-order valence-electron chi connectivity index (χ1n) is 12.6. The Bertz CT molecular complexity index is 1960. The van der Waals surface area contributed by atoms with Crippen LogP contribution in [0, 0.1) is 0 Å². The normalized spacial score (nSPS) is 12.9. The monoisotopic (exact) mass is 584 g/mol. The van der Waals surface area contributed by atoms with Crippen LogP contribution in [0.3, 0.4) is 0 Å². The highest BCUT2D eigenvalue weighted by Crippen LogP contribution is 2.47. The fourth-order valence-electron chi connectivity index (χ4n) is 5.36. The van der Waals surface area contributed by atoms with E-state index in [1.165, 1.54) is 30.3 Å². The number of benzene rings is 6. The van der Waals surface area contributed by atoms with Gasteiger partial charge < -0.3 is 0 Å². The van der Waals surface area contributed by atoms with E-state index in [0.717, 1.165) is 47.2 Å². The number of rotatable bonds is 2. The van der Waals surface area contributed by atoms with Crippen LogP contribution in [0.5, 0.6) is 0 Å². The van der Waals surface area contributed by atoms with Gasteiger partial charge in [-0.3, -0.25) is 0 Å². The van der Waals surface area contributed by atoms with Crippen molar-refractivity contribution in [3.8, 4) is 22.3 Å². The second-order valence-electron chi connectivity index (χ2n) is 9.90. The third-order valence-electron chi connectivity index (χ3n) is 7.31. The van der Waals surface area contributed by atoms with Gasteiger partial charge in [0.25, 0.3) is 0 Å². The first kappa shape index (κ1) is 27.6. The van der Waals surface area contributed by atoms with E-state index in [0.29, 0.717) is 27.3 Å². The molecular weight excluding hydrogens is 567 g/mol. The van der Waals surface area contributed by atoms with Crippen molar-refractivity contribution in [1.29, 1.82) is 0 Å².